The molecule has 94 valence electrons. The van der Waals surface area contributed by atoms with Crippen molar-refractivity contribution >= 4 is 15.9 Å². The first-order valence-electron chi connectivity index (χ1n) is 5.84. The molecule has 0 radical (unpaired) electrons. The molecular weight excluding hydrogens is 293 g/mol. The van der Waals surface area contributed by atoms with E-state index in [1.165, 1.54) is 11.6 Å². The van der Waals surface area contributed by atoms with Gasteiger partial charge in [-0.15, -0.1) is 0 Å². The van der Waals surface area contributed by atoms with Crippen LogP contribution in [0.4, 0.5) is 4.39 Å². The Morgan fingerprint density at radius 1 is 1.11 bits per heavy atom. The van der Waals surface area contributed by atoms with E-state index in [0.717, 1.165) is 10.0 Å². The van der Waals surface area contributed by atoms with Crippen molar-refractivity contribution in [3.8, 4) is 11.1 Å². The summed E-state index contributed by atoms with van der Waals surface area (Å²) < 4.78 is 14.6. The van der Waals surface area contributed by atoms with Crippen molar-refractivity contribution in [3.05, 3.63) is 58.3 Å². The van der Waals surface area contributed by atoms with Crippen molar-refractivity contribution in [1.29, 1.82) is 0 Å². The van der Waals surface area contributed by atoms with E-state index in [4.69, 9.17) is 0 Å². The lowest BCUT2D eigenvalue weighted by molar-refractivity contribution is 0.631. The van der Waals surface area contributed by atoms with Gasteiger partial charge < -0.3 is 5.32 Å². The highest BCUT2D eigenvalue weighted by Gasteiger charge is 2.07. The molecule has 0 spiro atoms. The molecule has 1 unspecified atom stereocenters. The van der Waals surface area contributed by atoms with Crippen molar-refractivity contribution < 1.29 is 4.39 Å². The van der Waals surface area contributed by atoms with Gasteiger partial charge >= 0.3 is 0 Å². The van der Waals surface area contributed by atoms with Gasteiger partial charge in [0.25, 0.3) is 0 Å². The van der Waals surface area contributed by atoms with Gasteiger partial charge in [-0.3, -0.25) is 0 Å². The summed E-state index contributed by atoms with van der Waals surface area (Å²) in [5.74, 6) is -0.201. The highest BCUT2D eigenvalue weighted by atomic mass is 79.9. The zero-order valence-electron chi connectivity index (χ0n) is 10.4. The molecule has 18 heavy (non-hydrogen) atoms. The average molecular weight is 308 g/mol. The molecule has 0 saturated heterocycles. The average Bonchev–Trinajstić information content (AvgIpc) is 2.41. The molecule has 1 atom stereocenters. The number of benzene rings is 2. The van der Waals surface area contributed by atoms with Crippen LogP contribution in [0, 0.1) is 5.82 Å². The Morgan fingerprint density at radius 3 is 2.39 bits per heavy atom. The molecule has 0 aromatic heterocycles. The highest BCUT2D eigenvalue weighted by molar-refractivity contribution is 9.10. The zero-order valence-corrected chi connectivity index (χ0v) is 12.0. The molecule has 3 heteroatoms. The normalized spacial score (nSPS) is 12.4. The summed E-state index contributed by atoms with van der Waals surface area (Å²) in [4.78, 5) is 0. The summed E-state index contributed by atoms with van der Waals surface area (Å²) in [5, 5.41) is 3.18. The summed E-state index contributed by atoms with van der Waals surface area (Å²) >= 11 is 3.37. The van der Waals surface area contributed by atoms with Crippen molar-refractivity contribution in [2.45, 2.75) is 13.0 Å². The molecule has 2 aromatic carbocycles. The van der Waals surface area contributed by atoms with Gasteiger partial charge in [0.1, 0.15) is 5.82 Å². The number of hydrogen-bond acceptors (Lipinski definition) is 1. The van der Waals surface area contributed by atoms with E-state index in [-0.39, 0.29) is 5.82 Å². The Kier molecular flexibility index (Phi) is 4.15. The molecular formula is C15H15BrFN. The Balaban J connectivity index is 2.37. The monoisotopic (exact) mass is 307 g/mol. The van der Waals surface area contributed by atoms with Crippen molar-refractivity contribution in [2.75, 3.05) is 7.05 Å². The molecule has 1 N–H and O–H groups in total. The fraction of sp³-hybridized carbons (Fsp3) is 0.200. The Labute approximate surface area is 115 Å². The molecule has 0 bridgehead atoms. The summed E-state index contributed by atoms with van der Waals surface area (Å²) in [7, 11) is 1.92. The van der Waals surface area contributed by atoms with Gasteiger partial charge in [0.05, 0.1) is 0 Å². The van der Waals surface area contributed by atoms with Crippen LogP contribution in [0.2, 0.25) is 0 Å². The minimum atomic E-state index is -0.201. The fourth-order valence-electron chi connectivity index (χ4n) is 1.84. The van der Waals surface area contributed by atoms with Gasteiger partial charge in [-0.05, 0) is 43.3 Å². The van der Waals surface area contributed by atoms with E-state index in [2.05, 4.69) is 28.2 Å². The van der Waals surface area contributed by atoms with E-state index in [0.29, 0.717) is 11.6 Å². The smallest absolute Gasteiger partial charge is 0.131 e. The Morgan fingerprint density at radius 2 is 1.78 bits per heavy atom. The number of halogens is 2. The molecule has 2 aromatic rings. The van der Waals surface area contributed by atoms with Crippen LogP contribution >= 0.6 is 15.9 Å². The first kappa shape index (κ1) is 13.2. The molecule has 1 nitrogen and oxygen atoms in total. The summed E-state index contributed by atoms with van der Waals surface area (Å²) in [6, 6.07) is 13.2. The fourth-order valence-corrected chi connectivity index (χ4v) is 2.20. The topological polar surface area (TPSA) is 12.0 Å². The van der Waals surface area contributed by atoms with Crippen molar-refractivity contribution in [2.24, 2.45) is 0 Å². The molecule has 0 amide bonds. The maximum Gasteiger partial charge on any atom is 0.131 e. The quantitative estimate of drug-likeness (QED) is 0.878. The van der Waals surface area contributed by atoms with Gasteiger partial charge in [0, 0.05) is 16.1 Å². The highest BCUT2D eigenvalue weighted by Crippen LogP contribution is 2.27. The zero-order chi connectivity index (χ0) is 13.1. The maximum absolute atomic E-state index is 13.7. The lowest BCUT2D eigenvalue weighted by Gasteiger charge is -2.11. The van der Waals surface area contributed by atoms with E-state index >= 15 is 0 Å². The van der Waals surface area contributed by atoms with Crippen LogP contribution in [0.1, 0.15) is 18.5 Å². The number of rotatable bonds is 3. The standard InChI is InChI=1S/C15H15BrFN/c1-10(18-2)11-3-5-12(6-4-11)14-9-13(16)7-8-15(14)17/h3-10,18H,1-2H3. The van der Waals surface area contributed by atoms with E-state index in [9.17, 15) is 4.39 Å². The van der Waals surface area contributed by atoms with E-state index in [1.54, 1.807) is 12.1 Å². The van der Waals surface area contributed by atoms with Gasteiger partial charge in [0.15, 0.2) is 0 Å². The van der Waals surface area contributed by atoms with Crippen LogP contribution in [-0.2, 0) is 0 Å². The van der Waals surface area contributed by atoms with Crippen LogP contribution in [0.25, 0.3) is 11.1 Å². The predicted molar refractivity (Wildman–Crippen MR) is 77.0 cm³/mol. The minimum absolute atomic E-state index is 0.201. The lowest BCUT2D eigenvalue weighted by Crippen LogP contribution is -2.11. The first-order valence-corrected chi connectivity index (χ1v) is 6.64. The van der Waals surface area contributed by atoms with E-state index in [1.807, 2.05) is 31.3 Å². The van der Waals surface area contributed by atoms with Crippen LogP contribution in [-0.4, -0.2) is 7.05 Å². The summed E-state index contributed by atoms with van der Waals surface area (Å²) in [6.45, 7) is 2.09. The third-order valence-electron chi connectivity index (χ3n) is 3.08. The third-order valence-corrected chi connectivity index (χ3v) is 3.58. The molecule has 0 aliphatic heterocycles. The molecule has 0 fully saturated rings. The van der Waals surface area contributed by atoms with Gasteiger partial charge in [0.2, 0.25) is 0 Å². The minimum Gasteiger partial charge on any atom is -0.313 e. The van der Waals surface area contributed by atoms with Gasteiger partial charge in [-0.25, -0.2) is 4.39 Å². The second kappa shape index (κ2) is 5.63. The molecule has 2 rings (SSSR count). The lowest BCUT2D eigenvalue weighted by atomic mass is 10.0. The molecule has 0 saturated carbocycles. The SMILES string of the molecule is CNC(C)c1ccc(-c2cc(Br)ccc2F)cc1. The van der Waals surface area contributed by atoms with Gasteiger partial charge in [-0.1, -0.05) is 40.2 Å². The second-order valence-corrected chi connectivity index (χ2v) is 5.17. The predicted octanol–water partition coefficient (Wildman–Crippen LogP) is 4.54. The Hall–Kier alpha value is -1.19. The second-order valence-electron chi connectivity index (χ2n) is 4.26. The molecule has 0 heterocycles. The Bertz CT molecular complexity index is 537. The van der Waals surface area contributed by atoms with Gasteiger partial charge in [-0.2, -0.15) is 0 Å². The summed E-state index contributed by atoms with van der Waals surface area (Å²) in [5.41, 5.74) is 2.70. The number of nitrogens with one attached hydrogen (secondary N) is 1. The van der Waals surface area contributed by atoms with Crippen LogP contribution < -0.4 is 5.32 Å². The number of hydrogen-bond donors (Lipinski definition) is 1. The maximum atomic E-state index is 13.7. The van der Waals surface area contributed by atoms with Crippen molar-refractivity contribution in [3.63, 3.8) is 0 Å². The van der Waals surface area contributed by atoms with Crippen LogP contribution in [0.3, 0.4) is 0 Å². The van der Waals surface area contributed by atoms with Crippen LogP contribution in [0.15, 0.2) is 46.9 Å². The van der Waals surface area contributed by atoms with Crippen molar-refractivity contribution in [1.82, 2.24) is 5.32 Å². The molecule has 0 aliphatic rings. The largest absolute Gasteiger partial charge is 0.313 e. The third kappa shape index (κ3) is 2.79. The first-order chi connectivity index (χ1) is 8.61. The molecule has 0 aliphatic carbocycles. The summed E-state index contributed by atoms with van der Waals surface area (Å²) in [6.07, 6.45) is 0. The van der Waals surface area contributed by atoms with E-state index < -0.39 is 0 Å². The van der Waals surface area contributed by atoms with Crippen LogP contribution in [0.5, 0.6) is 0 Å².